The van der Waals surface area contributed by atoms with Crippen LogP contribution in [0.15, 0.2) is 11.4 Å². The molecule has 0 atom stereocenters. The van der Waals surface area contributed by atoms with Gasteiger partial charge in [0.05, 0.1) is 6.54 Å². The smallest absolute Gasteiger partial charge is 0.236 e. The highest BCUT2D eigenvalue weighted by Crippen LogP contribution is 2.25. The molecule has 0 bridgehead atoms. The first-order valence-electron chi connectivity index (χ1n) is 6.24. The molecule has 1 aliphatic carbocycles. The van der Waals surface area contributed by atoms with Crippen LogP contribution >= 0.6 is 11.3 Å². The number of likely N-dealkylation sites (N-methyl/N-ethyl adjacent to an activating group) is 1. The summed E-state index contributed by atoms with van der Waals surface area (Å²) < 4.78 is 0. The second kappa shape index (κ2) is 5.65. The van der Waals surface area contributed by atoms with Gasteiger partial charge in [-0.05, 0) is 36.3 Å². The van der Waals surface area contributed by atoms with Gasteiger partial charge in [-0.15, -0.1) is 11.3 Å². The quantitative estimate of drug-likeness (QED) is 0.840. The van der Waals surface area contributed by atoms with Gasteiger partial charge >= 0.3 is 0 Å². The molecule has 0 radical (unpaired) electrons. The average molecular weight is 252 g/mol. The molecule has 1 aromatic rings. The number of carbonyl (C=O) groups excluding carboxylic acids is 1. The van der Waals surface area contributed by atoms with Crippen molar-refractivity contribution in [3.05, 3.63) is 21.9 Å². The van der Waals surface area contributed by atoms with Crippen molar-refractivity contribution in [1.82, 2.24) is 10.2 Å². The number of hydrogen-bond acceptors (Lipinski definition) is 3. The topological polar surface area (TPSA) is 32.3 Å². The van der Waals surface area contributed by atoms with Crippen LogP contribution in [0, 0.1) is 0 Å². The first kappa shape index (κ1) is 12.6. The first-order valence-corrected chi connectivity index (χ1v) is 7.12. The third-order valence-electron chi connectivity index (χ3n) is 3.27. The van der Waals surface area contributed by atoms with Crippen molar-refractivity contribution >= 4 is 17.2 Å². The van der Waals surface area contributed by atoms with E-state index < -0.39 is 0 Å². The maximum atomic E-state index is 11.8. The molecule has 0 aromatic carbocycles. The summed E-state index contributed by atoms with van der Waals surface area (Å²) in [6.45, 7) is 3.43. The summed E-state index contributed by atoms with van der Waals surface area (Å²) >= 11 is 1.77. The zero-order valence-corrected chi connectivity index (χ0v) is 11.3. The minimum absolute atomic E-state index is 0.210. The van der Waals surface area contributed by atoms with Gasteiger partial charge in [0.15, 0.2) is 0 Å². The van der Waals surface area contributed by atoms with E-state index in [0.29, 0.717) is 12.6 Å². The Morgan fingerprint density at radius 2 is 2.35 bits per heavy atom. The molecule has 0 spiro atoms. The fraction of sp³-hybridized carbons (Fsp3) is 0.615. The van der Waals surface area contributed by atoms with Crippen LogP contribution in [0.3, 0.4) is 0 Å². The molecule has 94 valence electrons. The maximum Gasteiger partial charge on any atom is 0.236 e. The highest BCUT2D eigenvalue weighted by Gasteiger charge is 2.28. The SMILES string of the molecule is CCc1ccsc1CNCC(=O)N(C)C1CC1. The predicted octanol–water partition coefficient (Wildman–Crippen LogP) is 2.02. The number of aryl methyl sites for hydroxylation is 1. The molecule has 1 amide bonds. The van der Waals surface area contributed by atoms with Crippen molar-refractivity contribution in [2.75, 3.05) is 13.6 Å². The molecule has 1 fully saturated rings. The number of thiophene rings is 1. The Balaban J connectivity index is 1.73. The molecule has 0 aliphatic heterocycles. The summed E-state index contributed by atoms with van der Waals surface area (Å²) in [6, 6.07) is 2.68. The molecule has 0 saturated heterocycles. The molecule has 1 aliphatic rings. The van der Waals surface area contributed by atoms with E-state index in [4.69, 9.17) is 0 Å². The first-order chi connectivity index (χ1) is 8.22. The average Bonchev–Trinajstić information content (AvgIpc) is 3.08. The van der Waals surface area contributed by atoms with Crippen LogP contribution in [0.25, 0.3) is 0 Å². The number of nitrogens with zero attached hydrogens (tertiary/aromatic N) is 1. The van der Waals surface area contributed by atoms with Gasteiger partial charge in [0, 0.05) is 24.5 Å². The minimum Gasteiger partial charge on any atom is -0.342 e. The Morgan fingerprint density at radius 3 is 3.00 bits per heavy atom. The number of rotatable bonds is 6. The molecule has 1 heterocycles. The number of carbonyl (C=O) groups is 1. The van der Waals surface area contributed by atoms with Crippen molar-refractivity contribution < 1.29 is 4.79 Å². The van der Waals surface area contributed by atoms with Crippen LogP contribution in [0.5, 0.6) is 0 Å². The fourth-order valence-corrected chi connectivity index (χ4v) is 2.86. The van der Waals surface area contributed by atoms with Gasteiger partial charge in [-0.25, -0.2) is 0 Å². The van der Waals surface area contributed by atoms with Crippen LogP contribution in [-0.2, 0) is 17.8 Å². The van der Waals surface area contributed by atoms with Crippen LogP contribution in [0.2, 0.25) is 0 Å². The largest absolute Gasteiger partial charge is 0.342 e. The third-order valence-corrected chi connectivity index (χ3v) is 4.23. The van der Waals surface area contributed by atoms with Crippen LogP contribution in [0.1, 0.15) is 30.2 Å². The summed E-state index contributed by atoms with van der Waals surface area (Å²) in [5.74, 6) is 0.210. The molecule has 2 rings (SSSR count). The highest BCUT2D eigenvalue weighted by atomic mass is 32.1. The Hall–Kier alpha value is -0.870. The molecular weight excluding hydrogens is 232 g/mol. The van der Waals surface area contributed by atoms with Crippen LogP contribution in [-0.4, -0.2) is 30.4 Å². The van der Waals surface area contributed by atoms with Crippen molar-refractivity contribution in [1.29, 1.82) is 0 Å². The van der Waals surface area contributed by atoms with Crippen molar-refractivity contribution in [3.8, 4) is 0 Å². The van der Waals surface area contributed by atoms with E-state index in [1.165, 1.54) is 23.3 Å². The molecule has 1 saturated carbocycles. The molecule has 1 aromatic heterocycles. The van der Waals surface area contributed by atoms with E-state index in [-0.39, 0.29) is 5.91 Å². The van der Waals surface area contributed by atoms with Crippen LogP contribution in [0.4, 0.5) is 0 Å². The Kier molecular flexibility index (Phi) is 4.18. The van der Waals surface area contributed by atoms with Crippen molar-refractivity contribution in [2.45, 2.75) is 38.8 Å². The highest BCUT2D eigenvalue weighted by molar-refractivity contribution is 7.10. The second-order valence-electron chi connectivity index (χ2n) is 4.56. The number of nitrogens with one attached hydrogen (secondary N) is 1. The number of amides is 1. The Labute approximate surface area is 107 Å². The van der Waals surface area contributed by atoms with Gasteiger partial charge in [0.1, 0.15) is 0 Å². The van der Waals surface area contributed by atoms with Crippen molar-refractivity contribution in [3.63, 3.8) is 0 Å². The van der Waals surface area contributed by atoms with E-state index in [9.17, 15) is 4.79 Å². The lowest BCUT2D eigenvalue weighted by Crippen LogP contribution is -2.36. The molecule has 3 nitrogen and oxygen atoms in total. The van der Waals surface area contributed by atoms with E-state index >= 15 is 0 Å². The minimum atomic E-state index is 0.210. The van der Waals surface area contributed by atoms with Gasteiger partial charge in [-0.3, -0.25) is 4.79 Å². The zero-order chi connectivity index (χ0) is 12.3. The lowest BCUT2D eigenvalue weighted by atomic mass is 10.2. The molecule has 4 heteroatoms. The Morgan fingerprint density at radius 1 is 1.59 bits per heavy atom. The molecule has 0 unspecified atom stereocenters. The van der Waals surface area contributed by atoms with Crippen LogP contribution < -0.4 is 5.32 Å². The number of hydrogen-bond donors (Lipinski definition) is 1. The van der Waals surface area contributed by atoms with E-state index in [2.05, 4.69) is 23.7 Å². The summed E-state index contributed by atoms with van der Waals surface area (Å²) in [7, 11) is 1.91. The second-order valence-corrected chi connectivity index (χ2v) is 5.56. The summed E-state index contributed by atoms with van der Waals surface area (Å²) in [5.41, 5.74) is 1.39. The standard InChI is InChI=1S/C13H20N2OS/c1-3-10-6-7-17-12(10)8-14-9-13(16)15(2)11-4-5-11/h6-7,11,14H,3-5,8-9H2,1-2H3. The lowest BCUT2D eigenvalue weighted by Gasteiger charge is -2.16. The van der Waals surface area contributed by atoms with E-state index in [1.54, 1.807) is 11.3 Å². The summed E-state index contributed by atoms with van der Waals surface area (Å²) in [5, 5.41) is 5.36. The van der Waals surface area contributed by atoms with Gasteiger partial charge in [0.25, 0.3) is 0 Å². The van der Waals surface area contributed by atoms with Gasteiger partial charge in [0.2, 0.25) is 5.91 Å². The molecule has 17 heavy (non-hydrogen) atoms. The summed E-state index contributed by atoms with van der Waals surface area (Å²) in [4.78, 5) is 15.0. The molecule has 1 N–H and O–H groups in total. The zero-order valence-electron chi connectivity index (χ0n) is 10.5. The Bertz CT molecular complexity index is 385. The monoisotopic (exact) mass is 252 g/mol. The van der Waals surface area contributed by atoms with E-state index in [0.717, 1.165) is 13.0 Å². The molecular formula is C13H20N2OS. The van der Waals surface area contributed by atoms with E-state index in [1.807, 2.05) is 11.9 Å². The summed E-state index contributed by atoms with van der Waals surface area (Å²) in [6.07, 6.45) is 3.41. The lowest BCUT2D eigenvalue weighted by molar-refractivity contribution is -0.129. The van der Waals surface area contributed by atoms with Crippen molar-refractivity contribution in [2.24, 2.45) is 0 Å². The fourth-order valence-electron chi connectivity index (χ4n) is 1.91. The van der Waals surface area contributed by atoms with Gasteiger partial charge < -0.3 is 10.2 Å². The predicted molar refractivity (Wildman–Crippen MR) is 71.2 cm³/mol. The van der Waals surface area contributed by atoms with Gasteiger partial charge in [-0.2, -0.15) is 0 Å². The van der Waals surface area contributed by atoms with Gasteiger partial charge in [-0.1, -0.05) is 6.92 Å². The third kappa shape index (κ3) is 3.30. The normalized spacial score (nSPS) is 14.9. The maximum absolute atomic E-state index is 11.8.